The molecule has 23 heavy (non-hydrogen) atoms. The summed E-state index contributed by atoms with van der Waals surface area (Å²) in [5.41, 5.74) is -2.04. The van der Waals surface area contributed by atoms with Crippen LogP contribution in [0.4, 0.5) is 18.9 Å². The molecule has 8 heteroatoms. The molecule has 1 aliphatic heterocycles. The van der Waals surface area contributed by atoms with Crippen LogP contribution in [0, 0.1) is 16.9 Å². The van der Waals surface area contributed by atoms with Crippen molar-refractivity contribution in [2.24, 2.45) is 5.41 Å². The molecule has 4 nitrogen and oxygen atoms in total. The zero-order valence-electron chi connectivity index (χ0n) is 12.0. The number of nitriles is 1. The predicted octanol–water partition coefficient (Wildman–Crippen LogP) is 3.66. The molecule has 1 amide bonds. The maximum Gasteiger partial charge on any atom is 0.417 e. The van der Waals surface area contributed by atoms with E-state index in [0.717, 1.165) is 12.1 Å². The van der Waals surface area contributed by atoms with Gasteiger partial charge in [-0.3, -0.25) is 4.79 Å². The summed E-state index contributed by atoms with van der Waals surface area (Å²) >= 11 is 5.55. The summed E-state index contributed by atoms with van der Waals surface area (Å²) in [6.07, 6.45) is -0.863. The Labute approximate surface area is 136 Å². The number of hydrogen-bond donors (Lipinski definition) is 1. The molecule has 1 atom stereocenters. The summed E-state index contributed by atoms with van der Waals surface area (Å²) in [7, 11) is 0. The van der Waals surface area contributed by atoms with Crippen LogP contribution < -0.4 is 5.32 Å². The van der Waals surface area contributed by atoms with Crippen molar-refractivity contribution < 1.29 is 18.0 Å². The lowest BCUT2D eigenvalue weighted by Crippen LogP contribution is -2.36. The minimum absolute atomic E-state index is 0.0108. The van der Waals surface area contributed by atoms with E-state index in [2.05, 4.69) is 11.9 Å². The third-order valence-electron chi connectivity index (χ3n) is 3.81. The second-order valence-corrected chi connectivity index (χ2v) is 5.69. The molecule has 1 saturated heterocycles. The first-order valence-electron chi connectivity index (χ1n) is 6.68. The summed E-state index contributed by atoms with van der Waals surface area (Å²) in [5.74, 6) is -0.499. The Balaban J connectivity index is 2.24. The first-order valence-corrected chi connectivity index (χ1v) is 7.06. The van der Waals surface area contributed by atoms with Crippen molar-refractivity contribution in [2.75, 3.05) is 18.4 Å². The van der Waals surface area contributed by atoms with Gasteiger partial charge in [-0.15, -0.1) is 6.58 Å². The monoisotopic (exact) mass is 343 g/mol. The van der Waals surface area contributed by atoms with Crippen LogP contribution in [0.3, 0.4) is 0 Å². The fourth-order valence-corrected chi connectivity index (χ4v) is 2.66. The van der Waals surface area contributed by atoms with Crippen LogP contribution in [0.1, 0.15) is 12.0 Å². The van der Waals surface area contributed by atoms with Gasteiger partial charge in [-0.05, 0) is 24.6 Å². The minimum Gasteiger partial charge on any atom is -0.325 e. The quantitative estimate of drug-likeness (QED) is 0.673. The van der Waals surface area contributed by atoms with E-state index in [-0.39, 0.29) is 12.2 Å². The van der Waals surface area contributed by atoms with E-state index in [1.165, 1.54) is 17.0 Å². The largest absolute Gasteiger partial charge is 0.417 e. The molecule has 1 fully saturated rings. The van der Waals surface area contributed by atoms with E-state index in [1.54, 1.807) is 0 Å². The molecule has 1 aliphatic rings. The molecule has 0 bridgehead atoms. The first-order chi connectivity index (χ1) is 10.7. The number of amides is 1. The normalized spacial score (nSPS) is 20.9. The first kappa shape index (κ1) is 17.2. The molecule has 0 radical (unpaired) electrons. The lowest BCUT2D eigenvalue weighted by Gasteiger charge is -2.23. The van der Waals surface area contributed by atoms with Crippen molar-refractivity contribution in [3.63, 3.8) is 0 Å². The summed E-state index contributed by atoms with van der Waals surface area (Å²) < 4.78 is 38.5. The van der Waals surface area contributed by atoms with Crippen molar-refractivity contribution in [3.05, 3.63) is 41.4 Å². The second kappa shape index (κ2) is 6.13. The van der Waals surface area contributed by atoms with Crippen LogP contribution in [-0.2, 0) is 11.0 Å². The van der Waals surface area contributed by atoms with E-state index in [4.69, 9.17) is 16.9 Å². The number of hydrogen-bond acceptors (Lipinski definition) is 3. The smallest absolute Gasteiger partial charge is 0.325 e. The third kappa shape index (κ3) is 3.42. The van der Waals surface area contributed by atoms with Crippen LogP contribution in [-0.4, -0.2) is 23.9 Å². The van der Waals surface area contributed by atoms with E-state index in [9.17, 15) is 18.0 Å². The molecule has 1 N–H and O–H groups in total. The summed E-state index contributed by atoms with van der Waals surface area (Å²) in [4.78, 5) is 13.8. The molecule has 0 aliphatic carbocycles. The molecule has 2 rings (SSSR count). The van der Waals surface area contributed by atoms with Gasteiger partial charge in [0.15, 0.2) is 6.19 Å². The van der Waals surface area contributed by atoms with E-state index in [0.29, 0.717) is 13.0 Å². The number of carbonyl (C=O) groups excluding carboxylic acids is 1. The lowest BCUT2D eigenvalue weighted by molar-refractivity contribution is -0.137. The van der Waals surface area contributed by atoms with E-state index < -0.39 is 28.1 Å². The third-order valence-corrected chi connectivity index (χ3v) is 4.14. The van der Waals surface area contributed by atoms with Crippen molar-refractivity contribution >= 4 is 23.2 Å². The van der Waals surface area contributed by atoms with Gasteiger partial charge in [0.2, 0.25) is 5.91 Å². The van der Waals surface area contributed by atoms with Crippen molar-refractivity contribution in [2.45, 2.75) is 12.6 Å². The number of halogens is 4. The molecular formula is C15H13ClF3N3O. The Kier molecular flexibility index (Phi) is 4.57. The number of benzene rings is 1. The molecule has 1 heterocycles. The molecule has 1 unspecified atom stereocenters. The summed E-state index contributed by atoms with van der Waals surface area (Å²) in [6, 6.07) is 3.16. The maximum atomic E-state index is 12.8. The zero-order valence-corrected chi connectivity index (χ0v) is 12.7. The Bertz CT molecular complexity index is 684. The topological polar surface area (TPSA) is 56.1 Å². The number of nitrogens with one attached hydrogen (secondary N) is 1. The van der Waals surface area contributed by atoms with Crippen LogP contribution in [0.25, 0.3) is 0 Å². The molecule has 1 aromatic rings. The number of likely N-dealkylation sites (tertiary alicyclic amines) is 1. The van der Waals surface area contributed by atoms with Crippen LogP contribution >= 0.6 is 11.6 Å². The fourth-order valence-electron chi connectivity index (χ4n) is 2.44. The number of alkyl halides is 3. The van der Waals surface area contributed by atoms with Gasteiger partial charge in [0.1, 0.15) is 0 Å². The van der Waals surface area contributed by atoms with Gasteiger partial charge >= 0.3 is 6.18 Å². The number of nitrogens with zero attached hydrogens (tertiary/aromatic N) is 2. The van der Waals surface area contributed by atoms with E-state index >= 15 is 0 Å². The Hall–Kier alpha value is -2.20. The van der Waals surface area contributed by atoms with Gasteiger partial charge in [-0.25, -0.2) is 0 Å². The summed E-state index contributed by atoms with van der Waals surface area (Å²) in [5, 5.41) is 10.9. The SMILES string of the molecule is C=CC1(C(=O)Nc2ccc(Cl)c(C(F)(F)F)c2)CCN(C#N)C1. The Morgan fingerprint density at radius 1 is 1.52 bits per heavy atom. The molecule has 0 saturated carbocycles. The fraction of sp³-hybridized carbons (Fsp3) is 0.333. The van der Waals surface area contributed by atoms with Gasteiger partial charge in [0.05, 0.1) is 16.0 Å². The van der Waals surface area contributed by atoms with E-state index in [1.807, 2.05) is 6.19 Å². The van der Waals surface area contributed by atoms with Gasteiger partial charge in [-0.1, -0.05) is 17.7 Å². The number of rotatable bonds is 3. The van der Waals surface area contributed by atoms with Gasteiger partial charge in [0.25, 0.3) is 0 Å². The summed E-state index contributed by atoms with van der Waals surface area (Å²) in [6.45, 7) is 4.16. The highest BCUT2D eigenvalue weighted by molar-refractivity contribution is 6.31. The highest BCUT2D eigenvalue weighted by Gasteiger charge is 2.42. The Morgan fingerprint density at radius 3 is 2.74 bits per heavy atom. The van der Waals surface area contributed by atoms with Crippen molar-refractivity contribution in [1.82, 2.24) is 4.90 Å². The number of anilines is 1. The van der Waals surface area contributed by atoms with Gasteiger partial charge < -0.3 is 10.2 Å². The molecular weight excluding hydrogens is 331 g/mol. The van der Waals surface area contributed by atoms with Crippen LogP contribution in [0.15, 0.2) is 30.9 Å². The zero-order chi connectivity index (χ0) is 17.3. The molecule has 1 aromatic carbocycles. The molecule has 0 spiro atoms. The van der Waals surface area contributed by atoms with Gasteiger partial charge in [0, 0.05) is 18.8 Å². The lowest BCUT2D eigenvalue weighted by atomic mass is 9.86. The minimum atomic E-state index is -4.61. The van der Waals surface area contributed by atoms with Crippen molar-refractivity contribution in [1.29, 1.82) is 5.26 Å². The second-order valence-electron chi connectivity index (χ2n) is 5.28. The van der Waals surface area contributed by atoms with Crippen LogP contribution in [0.2, 0.25) is 5.02 Å². The standard InChI is InChI=1S/C15H13ClF3N3O/c1-2-14(5-6-22(8-14)9-20)13(23)21-10-3-4-12(16)11(7-10)15(17,18)19/h2-4,7H,1,5-6,8H2,(H,21,23). The van der Waals surface area contributed by atoms with Crippen LogP contribution in [0.5, 0.6) is 0 Å². The van der Waals surface area contributed by atoms with Gasteiger partial charge in [-0.2, -0.15) is 18.4 Å². The number of carbonyl (C=O) groups is 1. The van der Waals surface area contributed by atoms with Crippen molar-refractivity contribution in [3.8, 4) is 6.19 Å². The molecule has 122 valence electrons. The predicted molar refractivity (Wildman–Crippen MR) is 79.5 cm³/mol. The highest BCUT2D eigenvalue weighted by Crippen LogP contribution is 2.37. The maximum absolute atomic E-state index is 12.8. The average molecular weight is 344 g/mol. The Morgan fingerprint density at radius 2 is 2.22 bits per heavy atom. The highest BCUT2D eigenvalue weighted by atomic mass is 35.5. The molecule has 0 aromatic heterocycles. The average Bonchev–Trinajstić information content (AvgIpc) is 2.93.